The molecule has 3 aromatic rings. The van der Waals surface area contributed by atoms with Gasteiger partial charge in [0.05, 0.1) is 0 Å². The van der Waals surface area contributed by atoms with E-state index in [0.29, 0.717) is 5.92 Å². The third-order valence-electron chi connectivity index (χ3n) is 8.80. The Morgan fingerprint density at radius 3 is 1.83 bits per heavy atom. The van der Waals surface area contributed by atoms with E-state index in [0.717, 1.165) is 0 Å². The molecule has 0 saturated heterocycles. The molecular weight excluding hydrogens is 631 g/mol. The van der Waals surface area contributed by atoms with Crippen molar-refractivity contribution < 1.29 is 49.5 Å². The van der Waals surface area contributed by atoms with Crippen LogP contribution in [0.5, 0.6) is 0 Å². The van der Waals surface area contributed by atoms with E-state index in [1.54, 1.807) is 0 Å². The summed E-state index contributed by atoms with van der Waals surface area (Å²) in [5.41, 5.74) is 11.6. The number of allylic oxidation sites excluding steroid dienone is 4. The molecular formula is C39H45Cl2Zr. The fourth-order valence-corrected chi connectivity index (χ4v) is 7.49. The molecule has 3 aromatic carbocycles. The molecule has 0 nitrogen and oxygen atoms in total. The van der Waals surface area contributed by atoms with Crippen molar-refractivity contribution in [2.75, 3.05) is 0 Å². The van der Waals surface area contributed by atoms with Gasteiger partial charge < -0.3 is 24.8 Å². The van der Waals surface area contributed by atoms with Crippen LogP contribution in [-0.4, -0.2) is 0 Å². The molecule has 0 fully saturated rings. The third kappa shape index (κ3) is 6.14. The van der Waals surface area contributed by atoms with Crippen LogP contribution in [-0.2, 0) is 35.5 Å². The minimum atomic E-state index is -0.0104. The number of fused-ring (bicyclic) bond motifs is 2. The molecule has 1 atom stereocenters. The van der Waals surface area contributed by atoms with Crippen LogP contribution in [0.3, 0.4) is 0 Å². The van der Waals surface area contributed by atoms with E-state index < -0.39 is 0 Å². The Hall–Kier alpha value is -1.66. The van der Waals surface area contributed by atoms with Gasteiger partial charge in [0.1, 0.15) is 0 Å². The van der Waals surface area contributed by atoms with Gasteiger partial charge in [-0.2, -0.15) is 0 Å². The second kappa shape index (κ2) is 12.0. The smallest absolute Gasteiger partial charge is 1.00 e. The maximum Gasteiger partial charge on any atom is -1.00 e. The van der Waals surface area contributed by atoms with Crippen LogP contribution in [0.1, 0.15) is 104 Å². The Labute approximate surface area is 281 Å². The van der Waals surface area contributed by atoms with Crippen molar-refractivity contribution in [3.05, 3.63) is 121 Å². The molecule has 5 rings (SSSR count). The molecule has 2 aliphatic rings. The van der Waals surface area contributed by atoms with Gasteiger partial charge in [0.2, 0.25) is 0 Å². The average Bonchev–Trinajstić information content (AvgIpc) is 3.39. The summed E-state index contributed by atoms with van der Waals surface area (Å²) < 4.78 is 1.49. The minimum absolute atomic E-state index is 0. The van der Waals surface area contributed by atoms with E-state index in [1.165, 1.54) is 93.4 Å². The van der Waals surface area contributed by atoms with Crippen LogP contribution in [0.25, 0.3) is 14.4 Å². The van der Waals surface area contributed by atoms with Gasteiger partial charge in [0.15, 0.2) is 0 Å². The van der Waals surface area contributed by atoms with E-state index in [2.05, 4.69) is 143 Å². The van der Waals surface area contributed by atoms with E-state index in [4.69, 9.17) is 0 Å². The van der Waals surface area contributed by atoms with Crippen LogP contribution in [0.4, 0.5) is 0 Å². The van der Waals surface area contributed by atoms with Crippen molar-refractivity contribution in [2.45, 2.75) is 87.0 Å². The van der Waals surface area contributed by atoms with Crippen molar-refractivity contribution in [3.8, 4) is 0 Å². The van der Waals surface area contributed by atoms with Crippen molar-refractivity contribution in [1.82, 2.24) is 0 Å². The molecule has 0 amide bonds. The number of hydrogen-bond donors (Lipinski definition) is 0. The molecule has 1 unspecified atom stereocenters. The first-order valence-corrected chi connectivity index (χ1v) is 16.0. The second-order valence-electron chi connectivity index (χ2n) is 15.0. The standard InChI is InChI=1S/C39H45.2ClH.Zr/c1-24-19-29(38(6,7)8)22-30(24)36-33-20-27-17-18-28(37(3,4)5)21-31(27)32(33)23-34(39(9,10)11)35(36)25(2)26-15-13-12-14-16-26;;;/h12-19,21-24H,1-11H3;2*1H;/q;;;+2/p-2. The van der Waals surface area contributed by atoms with Gasteiger partial charge in [-0.15, -0.1) is 0 Å². The summed E-state index contributed by atoms with van der Waals surface area (Å²) in [7, 11) is 0. The minimum Gasteiger partial charge on any atom is -1.00 e. The number of halogens is 2. The third-order valence-corrected chi connectivity index (χ3v) is 10.1. The van der Waals surface area contributed by atoms with Crippen molar-refractivity contribution >= 4 is 14.4 Å². The fraction of sp³-hybridized carbons (Fsp3) is 0.385. The summed E-state index contributed by atoms with van der Waals surface area (Å²) in [4.78, 5) is 0. The van der Waals surface area contributed by atoms with Crippen LogP contribution < -0.4 is 35.3 Å². The fourth-order valence-electron chi connectivity index (χ4n) is 6.32. The van der Waals surface area contributed by atoms with Gasteiger partial charge >= 0.3 is 258 Å². The molecule has 2 aliphatic carbocycles. The SMILES string of the molecule is CC(c1ccccc1)=c1c(C(C)(C)C)cc2c(c1C1=CC(C(C)(C)C)=CC1C)[C]([Zr+2])=c1ccc(C(C)(C)C)cc1=2.[Cl-].[Cl-]. The van der Waals surface area contributed by atoms with Gasteiger partial charge in [0.25, 0.3) is 0 Å². The monoisotopic (exact) mass is 673 g/mol. The zero-order valence-corrected chi connectivity index (χ0v) is 31.2. The van der Waals surface area contributed by atoms with Gasteiger partial charge in [0, 0.05) is 0 Å². The molecule has 219 valence electrons. The molecule has 0 heterocycles. The Kier molecular flexibility index (Phi) is 9.98. The molecule has 0 bridgehead atoms. The van der Waals surface area contributed by atoms with Crippen LogP contribution in [0.15, 0.2) is 72.3 Å². The van der Waals surface area contributed by atoms with Gasteiger partial charge in [-0.3, -0.25) is 0 Å². The Morgan fingerprint density at radius 2 is 1.31 bits per heavy atom. The Bertz CT molecular complexity index is 1800. The Morgan fingerprint density at radius 1 is 0.690 bits per heavy atom. The van der Waals surface area contributed by atoms with Gasteiger partial charge in [-0.25, -0.2) is 0 Å². The largest absolute Gasteiger partial charge is 1.00 e. The van der Waals surface area contributed by atoms with Crippen LogP contribution in [0, 0.1) is 21.8 Å². The Balaban J connectivity index is 0.00000242. The normalized spacial score (nSPS) is 17.1. The van der Waals surface area contributed by atoms with Gasteiger partial charge in [-0.05, 0) is 0 Å². The predicted octanol–water partition coefficient (Wildman–Crippen LogP) is 2.82. The van der Waals surface area contributed by atoms with Crippen LogP contribution in [0.2, 0.25) is 0 Å². The van der Waals surface area contributed by atoms with E-state index in [-0.39, 0.29) is 41.1 Å². The predicted molar refractivity (Wildman–Crippen MR) is 169 cm³/mol. The van der Waals surface area contributed by atoms with E-state index in [1.807, 2.05) is 0 Å². The van der Waals surface area contributed by atoms with Gasteiger partial charge in [-0.1, -0.05) is 0 Å². The zero-order chi connectivity index (χ0) is 29.4. The summed E-state index contributed by atoms with van der Waals surface area (Å²) in [6.45, 7) is 25.9. The van der Waals surface area contributed by atoms with Crippen molar-refractivity contribution in [1.29, 1.82) is 0 Å². The summed E-state index contributed by atoms with van der Waals surface area (Å²) >= 11 is 1.48. The van der Waals surface area contributed by atoms with Crippen molar-refractivity contribution in [2.24, 2.45) is 11.3 Å². The first-order valence-electron chi connectivity index (χ1n) is 14.8. The molecule has 42 heavy (non-hydrogen) atoms. The molecule has 0 radical (unpaired) electrons. The van der Waals surface area contributed by atoms with Crippen molar-refractivity contribution in [3.63, 3.8) is 0 Å². The maximum atomic E-state index is 2.56. The van der Waals surface area contributed by atoms with E-state index >= 15 is 0 Å². The summed E-state index contributed by atoms with van der Waals surface area (Å²) in [6, 6.07) is 20.8. The molecule has 0 saturated carbocycles. The number of benzene rings is 3. The summed E-state index contributed by atoms with van der Waals surface area (Å²) in [6.07, 6.45) is 5.04. The molecule has 0 aliphatic heterocycles. The summed E-state index contributed by atoms with van der Waals surface area (Å²) in [5.74, 6) is 0.369. The molecule has 0 aromatic heterocycles. The molecule has 3 heteroatoms. The van der Waals surface area contributed by atoms with Crippen LogP contribution >= 0.6 is 0 Å². The van der Waals surface area contributed by atoms with E-state index in [9.17, 15) is 0 Å². The first kappa shape index (κ1) is 34.8. The first-order chi connectivity index (χ1) is 18.5. The summed E-state index contributed by atoms with van der Waals surface area (Å²) in [5, 5.41) is 5.70. The quantitative estimate of drug-likeness (QED) is 0.393. The molecule has 0 N–H and O–H groups in total. The number of rotatable bonds is 2. The molecule has 0 spiro atoms. The topological polar surface area (TPSA) is 0 Å². The zero-order valence-electron chi connectivity index (χ0n) is 27.2. The maximum absolute atomic E-state index is 2.56. The second-order valence-corrected chi connectivity index (χ2v) is 16.2. The number of hydrogen-bond acceptors (Lipinski definition) is 0. The average molecular weight is 676 g/mol.